The predicted molar refractivity (Wildman–Crippen MR) is 82.6 cm³/mol. The second-order valence-corrected chi connectivity index (χ2v) is 6.28. The van der Waals surface area contributed by atoms with Crippen LogP contribution in [0.4, 0.5) is 18.9 Å². The lowest BCUT2D eigenvalue weighted by Crippen LogP contribution is -2.34. The second kappa shape index (κ2) is 7.23. The minimum Gasteiger partial charge on any atom is -0.481 e. The lowest BCUT2D eigenvalue weighted by atomic mass is 9.80. The summed E-state index contributed by atoms with van der Waals surface area (Å²) < 4.78 is 38.5. The van der Waals surface area contributed by atoms with Crippen LogP contribution in [0.2, 0.25) is 0 Å². The Hall–Kier alpha value is -2.05. The third-order valence-electron chi connectivity index (χ3n) is 4.53. The summed E-state index contributed by atoms with van der Waals surface area (Å²) >= 11 is 0. The van der Waals surface area contributed by atoms with E-state index in [9.17, 15) is 22.8 Å². The average Bonchev–Trinajstić information content (AvgIpc) is 2.53. The first-order chi connectivity index (χ1) is 11.2. The Balaban J connectivity index is 2.04. The predicted octanol–water partition coefficient (Wildman–Crippen LogP) is 4.18. The fraction of sp³-hybridized carbons (Fsp3) is 0.529. The first-order valence-electron chi connectivity index (χ1n) is 7.89. The van der Waals surface area contributed by atoms with E-state index in [2.05, 4.69) is 5.32 Å². The number of benzene rings is 1. The lowest BCUT2D eigenvalue weighted by Gasteiger charge is -2.29. The number of halogens is 3. The molecule has 1 aliphatic carbocycles. The minimum atomic E-state index is -4.27. The summed E-state index contributed by atoms with van der Waals surface area (Å²) in [5.74, 6) is -4.26. The van der Waals surface area contributed by atoms with Gasteiger partial charge in [-0.05, 0) is 43.9 Å². The molecule has 3 atom stereocenters. The summed E-state index contributed by atoms with van der Waals surface area (Å²) in [5.41, 5.74) is 0.928. The van der Waals surface area contributed by atoms with E-state index in [0.717, 1.165) is 0 Å². The topological polar surface area (TPSA) is 66.4 Å². The first-order valence-corrected chi connectivity index (χ1v) is 7.89. The fourth-order valence-corrected chi connectivity index (χ4v) is 3.00. The van der Waals surface area contributed by atoms with Gasteiger partial charge in [-0.1, -0.05) is 18.6 Å². The maximum atomic E-state index is 12.8. The van der Waals surface area contributed by atoms with Crippen LogP contribution in [0.15, 0.2) is 24.3 Å². The van der Waals surface area contributed by atoms with Gasteiger partial charge in [0.1, 0.15) is 0 Å². The van der Waals surface area contributed by atoms with E-state index in [4.69, 9.17) is 5.11 Å². The molecule has 0 bridgehead atoms. The number of alkyl halides is 3. The van der Waals surface area contributed by atoms with Crippen LogP contribution in [0.25, 0.3) is 0 Å². The van der Waals surface area contributed by atoms with Gasteiger partial charge in [-0.15, -0.1) is 0 Å². The van der Waals surface area contributed by atoms with E-state index < -0.39 is 35.8 Å². The molecule has 0 aliphatic heterocycles. The molecule has 2 rings (SSSR count). The molecule has 1 aromatic carbocycles. The molecule has 1 aliphatic rings. The van der Waals surface area contributed by atoms with Gasteiger partial charge in [-0.3, -0.25) is 9.59 Å². The van der Waals surface area contributed by atoms with Gasteiger partial charge in [-0.25, -0.2) is 0 Å². The largest absolute Gasteiger partial charge is 0.481 e. The average molecular weight is 343 g/mol. The van der Waals surface area contributed by atoms with E-state index in [0.29, 0.717) is 24.1 Å². The molecule has 2 N–H and O–H groups in total. The molecule has 1 saturated carbocycles. The molecule has 132 valence electrons. The van der Waals surface area contributed by atoms with Crippen molar-refractivity contribution in [3.63, 3.8) is 0 Å². The summed E-state index contributed by atoms with van der Waals surface area (Å²) in [6.07, 6.45) is -3.59. The number of rotatable bonds is 4. The number of aliphatic carboxylic acids is 1. The van der Waals surface area contributed by atoms with Crippen molar-refractivity contribution in [2.75, 3.05) is 5.32 Å². The summed E-state index contributed by atoms with van der Waals surface area (Å²) in [7, 11) is 0. The molecule has 0 aromatic heterocycles. The van der Waals surface area contributed by atoms with Crippen LogP contribution in [-0.4, -0.2) is 23.2 Å². The molecular formula is C17H20F3NO3. The van der Waals surface area contributed by atoms with Crippen molar-refractivity contribution < 1.29 is 27.9 Å². The van der Waals surface area contributed by atoms with E-state index in [-0.39, 0.29) is 12.8 Å². The zero-order chi connectivity index (χ0) is 17.9. The Morgan fingerprint density at radius 3 is 2.62 bits per heavy atom. The Bertz CT molecular complexity index is 615. The van der Waals surface area contributed by atoms with Gasteiger partial charge in [-0.2, -0.15) is 13.2 Å². The molecule has 1 fully saturated rings. The minimum absolute atomic E-state index is 0.0683. The van der Waals surface area contributed by atoms with E-state index in [1.165, 1.54) is 6.92 Å². The number of carbonyl (C=O) groups is 2. The molecule has 1 amide bonds. The second-order valence-electron chi connectivity index (χ2n) is 6.28. The maximum absolute atomic E-state index is 12.8. The standard InChI is InChI=1S/C17H20F3NO3/c1-10(16(23)24)11-4-3-7-14(9-11)21-15(22)12-5-2-6-13(8-12)17(18,19)20/h3-4,7,9-10,12-13H,2,5-6,8H2,1H3,(H,21,22)(H,23,24). The molecule has 4 nitrogen and oxygen atoms in total. The summed E-state index contributed by atoms with van der Waals surface area (Å²) in [4.78, 5) is 23.3. The molecular weight excluding hydrogens is 323 g/mol. The molecule has 24 heavy (non-hydrogen) atoms. The number of nitrogens with one attached hydrogen (secondary N) is 1. The highest BCUT2D eigenvalue weighted by Gasteiger charge is 2.43. The Morgan fingerprint density at radius 2 is 2.00 bits per heavy atom. The fourth-order valence-electron chi connectivity index (χ4n) is 3.00. The molecule has 1 aromatic rings. The number of carboxylic acids is 1. The van der Waals surface area contributed by atoms with Crippen LogP contribution in [0, 0.1) is 11.8 Å². The van der Waals surface area contributed by atoms with Gasteiger partial charge >= 0.3 is 12.1 Å². The molecule has 0 radical (unpaired) electrons. The smallest absolute Gasteiger partial charge is 0.391 e. The van der Waals surface area contributed by atoms with Crippen molar-refractivity contribution in [3.05, 3.63) is 29.8 Å². The van der Waals surface area contributed by atoms with Crippen LogP contribution in [0.1, 0.15) is 44.1 Å². The molecule has 0 saturated heterocycles. The van der Waals surface area contributed by atoms with Crippen molar-refractivity contribution in [1.29, 1.82) is 0 Å². The first kappa shape index (κ1) is 18.3. The van der Waals surface area contributed by atoms with Crippen molar-refractivity contribution in [1.82, 2.24) is 0 Å². The van der Waals surface area contributed by atoms with Gasteiger partial charge in [0.05, 0.1) is 11.8 Å². The monoisotopic (exact) mass is 343 g/mol. The number of carbonyl (C=O) groups excluding carboxylic acids is 1. The van der Waals surface area contributed by atoms with E-state index in [1.807, 2.05) is 0 Å². The number of amides is 1. The van der Waals surface area contributed by atoms with E-state index >= 15 is 0 Å². The SMILES string of the molecule is CC(C(=O)O)c1cccc(NC(=O)C2CCCC(C(F)(F)F)C2)c1. The Morgan fingerprint density at radius 1 is 1.29 bits per heavy atom. The summed E-state index contributed by atoms with van der Waals surface area (Å²) in [5, 5.41) is 11.6. The van der Waals surface area contributed by atoms with Crippen LogP contribution in [-0.2, 0) is 9.59 Å². The van der Waals surface area contributed by atoms with Crippen molar-refractivity contribution >= 4 is 17.6 Å². The van der Waals surface area contributed by atoms with E-state index in [1.54, 1.807) is 24.3 Å². The third-order valence-corrected chi connectivity index (χ3v) is 4.53. The molecule has 0 spiro atoms. The number of hydrogen-bond acceptors (Lipinski definition) is 2. The zero-order valence-electron chi connectivity index (χ0n) is 13.3. The van der Waals surface area contributed by atoms with Gasteiger partial charge in [0.2, 0.25) is 5.91 Å². The van der Waals surface area contributed by atoms with Gasteiger partial charge in [0.25, 0.3) is 0 Å². The van der Waals surface area contributed by atoms with Gasteiger partial charge in [0.15, 0.2) is 0 Å². The Kier molecular flexibility index (Phi) is 5.51. The molecule has 7 heteroatoms. The van der Waals surface area contributed by atoms with Crippen LogP contribution < -0.4 is 5.32 Å². The van der Waals surface area contributed by atoms with Crippen LogP contribution in [0.3, 0.4) is 0 Å². The van der Waals surface area contributed by atoms with Crippen molar-refractivity contribution in [2.45, 2.75) is 44.7 Å². The Labute approximate surface area is 138 Å². The lowest BCUT2D eigenvalue weighted by molar-refractivity contribution is -0.185. The zero-order valence-corrected chi connectivity index (χ0v) is 13.3. The number of hydrogen-bond donors (Lipinski definition) is 2. The molecule has 3 unspecified atom stereocenters. The highest BCUT2D eigenvalue weighted by Crippen LogP contribution is 2.40. The quantitative estimate of drug-likeness (QED) is 0.862. The van der Waals surface area contributed by atoms with Crippen molar-refractivity contribution in [3.8, 4) is 0 Å². The van der Waals surface area contributed by atoms with Crippen LogP contribution >= 0.6 is 0 Å². The summed E-state index contributed by atoms with van der Waals surface area (Å²) in [6, 6.07) is 6.39. The van der Waals surface area contributed by atoms with Gasteiger partial charge < -0.3 is 10.4 Å². The van der Waals surface area contributed by atoms with Crippen molar-refractivity contribution in [2.24, 2.45) is 11.8 Å². The van der Waals surface area contributed by atoms with Crippen LogP contribution in [0.5, 0.6) is 0 Å². The number of carboxylic acid groups (broad SMARTS) is 1. The third kappa shape index (κ3) is 4.49. The molecule has 0 heterocycles. The number of anilines is 1. The summed E-state index contributed by atoms with van der Waals surface area (Å²) in [6.45, 7) is 1.53. The highest BCUT2D eigenvalue weighted by atomic mass is 19.4. The maximum Gasteiger partial charge on any atom is 0.391 e. The highest BCUT2D eigenvalue weighted by molar-refractivity contribution is 5.92. The van der Waals surface area contributed by atoms with Gasteiger partial charge in [0, 0.05) is 11.6 Å². The normalized spacial score (nSPS) is 22.7.